The fraction of sp³-hybridized carbons (Fsp3) is 0.429. The minimum absolute atomic E-state index is 0.0205. The lowest BCUT2D eigenvalue weighted by atomic mass is 10.4. The van der Waals surface area contributed by atoms with Gasteiger partial charge in [-0.15, -0.1) is 5.11 Å². The lowest BCUT2D eigenvalue weighted by molar-refractivity contribution is 0.0689. The van der Waals surface area contributed by atoms with Gasteiger partial charge in [0.1, 0.15) is 0 Å². The summed E-state index contributed by atoms with van der Waals surface area (Å²) in [5.41, 5.74) is 0.0205. The first-order valence-electron chi connectivity index (χ1n) is 3.96. The molecule has 1 aliphatic heterocycles. The van der Waals surface area contributed by atoms with Crippen LogP contribution in [-0.2, 0) is 0 Å². The maximum absolute atomic E-state index is 10.6. The summed E-state index contributed by atoms with van der Waals surface area (Å²) in [5.74, 6) is -0.517. The number of hydrogen-bond donors (Lipinski definition) is 1. The van der Waals surface area contributed by atoms with Crippen molar-refractivity contribution < 1.29 is 9.90 Å². The van der Waals surface area contributed by atoms with Gasteiger partial charge in [0, 0.05) is 6.07 Å². The predicted molar refractivity (Wildman–Crippen MR) is 43.0 cm³/mol. The van der Waals surface area contributed by atoms with Crippen molar-refractivity contribution in [2.24, 2.45) is 10.2 Å². The molecule has 0 saturated heterocycles. The van der Waals surface area contributed by atoms with Crippen LogP contribution >= 0.6 is 0 Å². The Labute approximate surface area is 73.9 Å². The molecule has 0 fully saturated rings. The third-order valence-corrected chi connectivity index (χ3v) is 1.88. The molecule has 0 radical (unpaired) electrons. The molecule has 1 aliphatic rings. The molecule has 1 unspecified atom stereocenters. The molecule has 1 aromatic heterocycles. The lowest BCUT2D eigenvalue weighted by Crippen LogP contribution is -2.05. The van der Waals surface area contributed by atoms with Crippen LogP contribution in [0, 0.1) is 0 Å². The Bertz CT molecular complexity index is 382. The molecule has 1 N–H and O–H groups in total. The van der Waals surface area contributed by atoms with Crippen molar-refractivity contribution in [2.45, 2.75) is 19.5 Å². The van der Waals surface area contributed by atoms with Gasteiger partial charge in [0.05, 0.1) is 0 Å². The third-order valence-electron chi connectivity index (χ3n) is 1.88. The van der Waals surface area contributed by atoms with E-state index in [0.29, 0.717) is 5.82 Å². The van der Waals surface area contributed by atoms with Gasteiger partial charge in [-0.05, 0) is 6.42 Å². The highest BCUT2D eigenvalue weighted by molar-refractivity contribution is 5.86. The minimum atomic E-state index is -1.04. The first-order chi connectivity index (χ1) is 6.22. The van der Waals surface area contributed by atoms with Gasteiger partial charge >= 0.3 is 5.97 Å². The molecule has 0 bridgehead atoms. The van der Waals surface area contributed by atoms with Crippen molar-refractivity contribution in [1.82, 2.24) is 9.78 Å². The molecule has 13 heavy (non-hydrogen) atoms. The van der Waals surface area contributed by atoms with Crippen LogP contribution in [0.2, 0.25) is 0 Å². The van der Waals surface area contributed by atoms with Crippen LogP contribution in [-0.4, -0.2) is 20.9 Å². The van der Waals surface area contributed by atoms with Crippen molar-refractivity contribution in [2.75, 3.05) is 0 Å². The Hall–Kier alpha value is -1.72. The number of carboxylic acid groups (broad SMARTS) is 1. The van der Waals surface area contributed by atoms with Gasteiger partial charge in [-0.3, -0.25) is 0 Å². The number of rotatable bonds is 2. The molecule has 6 nitrogen and oxygen atoms in total. The Morgan fingerprint density at radius 1 is 1.77 bits per heavy atom. The molecular weight excluding hydrogens is 172 g/mol. The van der Waals surface area contributed by atoms with E-state index >= 15 is 0 Å². The number of nitrogens with zero attached hydrogens (tertiary/aromatic N) is 4. The zero-order chi connectivity index (χ0) is 9.42. The normalized spacial score (nSPS) is 19.0. The monoisotopic (exact) mass is 180 g/mol. The quantitative estimate of drug-likeness (QED) is 0.750. The highest BCUT2D eigenvalue weighted by atomic mass is 16.4. The highest BCUT2D eigenvalue weighted by Crippen LogP contribution is 2.29. The van der Waals surface area contributed by atoms with Crippen LogP contribution in [0.15, 0.2) is 16.3 Å². The van der Waals surface area contributed by atoms with Gasteiger partial charge in [0.25, 0.3) is 0 Å². The SMILES string of the molecule is CCC1N=Nc2cc(C(=O)O)nn21. The second-order valence-electron chi connectivity index (χ2n) is 2.74. The van der Waals surface area contributed by atoms with Crippen molar-refractivity contribution >= 4 is 11.8 Å². The summed E-state index contributed by atoms with van der Waals surface area (Å²) < 4.78 is 1.53. The van der Waals surface area contributed by atoms with Gasteiger partial charge < -0.3 is 5.11 Å². The Morgan fingerprint density at radius 2 is 2.54 bits per heavy atom. The van der Waals surface area contributed by atoms with Crippen molar-refractivity contribution in [3.8, 4) is 0 Å². The van der Waals surface area contributed by atoms with E-state index < -0.39 is 5.97 Å². The van der Waals surface area contributed by atoms with Crippen LogP contribution in [0.1, 0.15) is 30.0 Å². The largest absolute Gasteiger partial charge is 0.476 e. The van der Waals surface area contributed by atoms with Crippen molar-refractivity contribution in [3.05, 3.63) is 11.8 Å². The summed E-state index contributed by atoms with van der Waals surface area (Å²) in [6.45, 7) is 1.95. The van der Waals surface area contributed by atoms with Crippen LogP contribution in [0.25, 0.3) is 0 Å². The van der Waals surface area contributed by atoms with Crippen LogP contribution in [0.3, 0.4) is 0 Å². The van der Waals surface area contributed by atoms with Gasteiger partial charge in [0.15, 0.2) is 17.7 Å². The summed E-state index contributed by atoms with van der Waals surface area (Å²) in [7, 11) is 0. The van der Waals surface area contributed by atoms with E-state index in [0.717, 1.165) is 6.42 Å². The first kappa shape index (κ1) is 7.90. The van der Waals surface area contributed by atoms with E-state index in [1.807, 2.05) is 6.92 Å². The molecule has 1 aromatic rings. The maximum Gasteiger partial charge on any atom is 0.356 e. The zero-order valence-corrected chi connectivity index (χ0v) is 7.01. The zero-order valence-electron chi connectivity index (χ0n) is 7.01. The summed E-state index contributed by atoms with van der Waals surface area (Å²) in [4.78, 5) is 10.6. The van der Waals surface area contributed by atoms with E-state index in [1.165, 1.54) is 10.7 Å². The fourth-order valence-electron chi connectivity index (χ4n) is 1.21. The summed E-state index contributed by atoms with van der Waals surface area (Å²) >= 11 is 0. The van der Waals surface area contributed by atoms with E-state index in [9.17, 15) is 4.79 Å². The molecule has 0 aromatic carbocycles. The third kappa shape index (κ3) is 1.10. The highest BCUT2D eigenvalue weighted by Gasteiger charge is 2.22. The van der Waals surface area contributed by atoms with E-state index in [2.05, 4.69) is 15.3 Å². The van der Waals surface area contributed by atoms with Gasteiger partial charge in [-0.1, -0.05) is 6.92 Å². The average molecular weight is 180 g/mol. The van der Waals surface area contributed by atoms with Crippen LogP contribution in [0.5, 0.6) is 0 Å². The Morgan fingerprint density at radius 3 is 3.15 bits per heavy atom. The summed E-state index contributed by atoms with van der Waals surface area (Å²) in [6, 6.07) is 1.42. The van der Waals surface area contributed by atoms with Crippen LogP contribution in [0.4, 0.5) is 5.82 Å². The molecule has 2 rings (SSSR count). The predicted octanol–water partition coefficient (Wildman–Crippen LogP) is 1.59. The molecule has 2 heterocycles. The number of carboxylic acids is 1. The maximum atomic E-state index is 10.6. The van der Waals surface area contributed by atoms with Crippen molar-refractivity contribution in [1.29, 1.82) is 0 Å². The number of carbonyl (C=O) groups is 1. The smallest absolute Gasteiger partial charge is 0.356 e. The molecule has 0 spiro atoms. The fourth-order valence-corrected chi connectivity index (χ4v) is 1.21. The molecule has 1 atom stereocenters. The van der Waals surface area contributed by atoms with E-state index in [4.69, 9.17) is 5.11 Å². The Kier molecular flexibility index (Phi) is 1.61. The second kappa shape index (κ2) is 2.65. The van der Waals surface area contributed by atoms with Crippen LogP contribution < -0.4 is 0 Å². The molecular formula is C7H8N4O2. The summed E-state index contributed by atoms with van der Waals surface area (Å²) in [6.07, 6.45) is 0.625. The number of hydrogen-bond acceptors (Lipinski definition) is 4. The first-order valence-corrected chi connectivity index (χ1v) is 3.96. The van der Waals surface area contributed by atoms with E-state index in [-0.39, 0.29) is 11.9 Å². The molecule has 0 amide bonds. The van der Waals surface area contributed by atoms with Gasteiger partial charge in [-0.2, -0.15) is 10.2 Å². The van der Waals surface area contributed by atoms with Crippen molar-refractivity contribution in [3.63, 3.8) is 0 Å². The molecule has 0 saturated carbocycles. The van der Waals surface area contributed by atoms with E-state index in [1.54, 1.807) is 0 Å². The van der Waals surface area contributed by atoms with Gasteiger partial charge in [-0.25, -0.2) is 9.48 Å². The number of azo groups is 1. The summed E-state index contributed by atoms with van der Waals surface area (Å²) in [5, 5.41) is 20.3. The lowest BCUT2D eigenvalue weighted by Gasteiger charge is -2.02. The average Bonchev–Trinajstić information content (AvgIpc) is 2.60. The standard InChI is InChI=1S/C7H8N4O2/c1-2-5-8-9-6-3-4(7(12)13)10-11(5)6/h3,5H,2H2,1H3,(H,12,13). The molecule has 68 valence electrons. The number of aromatic nitrogens is 2. The minimum Gasteiger partial charge on any atom is -0.476 e. The second-order valence-corrected chi connectivity index (χ2v) is 2.74. The number of fused-ring (bicyclic) bond motifs is 1. The number of aromatic carboxylic acids is 1. The van der Waals surface area contributed by atoms with Gasteiger partial charge in [0.2, 0.25) is 0 Å². The Balaban J connectivity index is 2.42. The molecule has 0 aliphatic carbocycles. The topological polar surface area (TPSA) is 79.8 Å². The molecule has 6 heteroatoms.